The molecule has 2 rings (SSSR count). The van der Waals surface area contributed by atoms with Gasteiger partial charge in [-0.3, -0.25) is 4.79 Å². The summed E-state index contributed by atoms with van der Waals surface area (Å²) in [6.07, 6.45) is 0.836. The van der Waals surface area contributed by atoms with E-state index in [0.717, 1.165) is 6.42 Å². The number of nitrogens with one attached hydrogen (secondary N) is 1. The van der Waals surface area contributed by atoms with Crippen LogP contribution in [0.4, 0.5) is 11.4 Å². The Balaban J connectivity index is 2.26. The number of halogens is 1. The van der Waals surface area contributed by atoms with E-state index in [-0.39, 0.29) is 5.91 Å². The predicted octanol–water partition coefficient (Wildman–Crippen LogP) is 4.37. The van der Waals surface area contributed by atoms with Gasteiger partial charge in [-0.05, 0) is 43.7 Å². The number of carbonyl (C=O) groups is 1. The Morgan fingerprint density at radius 1 is 1.15 bits per heavy atom. The maximum absolute atomic E-state index is 12.6. The topological polar surface area (TPSA) is 82.8 Å². The summed E-state index contributed by atoms with van der Waals surface area (Å²) in [4.78, 5) is 12.6. The predicted molar refractivity (Wildman–Crippen MR) is 104 cm³/mol. The Morgan fingerprint density at radius 3 is 2.54 bits per heavy atom. The maximum Gasteiger partial charge on any atom is 0.255 e. The van der Waals surface area contributed by atoms with Gasteiger partial charge in [0.25, 0.3) is 5.91 Å². The van der Waals surface area contributed by atoms with Crippen LogP contribution in [0.15, 0.2) is 30.3 Å². The third kappa shape index (κ3) is 4.73. The average Bonchev–Trinajstić information content (AvgIpc) is 2.61. The summed E-state index contributed by atoms with van der Waals surface area (Å²) in [6, 6.07) is 8.18. The molecule has 7 heteroatoms. The minimum atomic E-state index is -0.334. The van der Waals surface area contributed by atoms with Crippen LogP contribution in [0.25, 0.3) is 0 Å². The monoisotopic (exact) mass is 378 g/mol. The summed E-state index contributed by atoms with van der Waals surface area (Å²) in [5.41, 5.74) is 7.21. The molecule has 0 aliphatic rings. The summed E-state index contributed by atoms with van der Waals surface area (Å²) < 4.78 is 16.3. The van der Waals surface area contributed by atoms with Gasteiger partial charge in [-0.1, -0.05) is 18.5 Å². The summed E-state index contributed by atoms with van der Waals surface area (Å²) in [5, 5.41) is 3.10. The van der Waals surface area contributed by atoms with E-state index in [2.05, 4.69) is 5.32 Å². The molecular weight excluding hydrogens is 356 g/mol. The van der Waals surface area contributed by atoms with E-state index in [4.69, 9.17) is 31.5 Å². The molecule has 2 aromatic rings. The van der Waals surface area contributed by atoms with E-state index in [1.54, 1.807) is 30.3 Å². The average molecular weight is 379 g/mol. The number of amides is 1. The molecular formula is C19H23ClN2O4. The lowest BCUT2D eigenvalue weighted by Gasteiger charge is -2.15. The lowest BCUT2D eigenvalue weighted by molar-refractivity contribution is 0.102. The van der Waals surface area contributed by atoms with Gasteiger partial charge in [-0.2, -0.15) is 0 Å². The van der Waals surface area contributed by atoms with Crippen LogP contribution >= 0.6 is 11.6 Å². The smallest absolute Gasteiger partial charge is 0.255 e. The van der Waals surface area contributed by atoms with Crippen molar-refractivity contribution in [1.29, 1.82) is 0 Å². The fraction of sp³-hybridized carbons (Fsp3) is 0.316. The first-order valence-corrected chi connectivity index (χ1v) is 8.71. The van der Waals surface area contributed by atoms with Crippen LogP contribution in [-0.4, -0.2) is 26.2 Å². The second-order valence-electron chi connectivity index (χ2n) is 5.48. The Bertz CT molecular complexity index is 780. The van der Waals surface area contributed by atoms with Gasteiger partial charge in [0.05, 0.1) is 31.0 Å². The standard InChI is InChI=1S/C19H23ClN2O4/c1-4-8-26-18-14(20)9-12(10-17(18)25-5-2)19(23)22-13-6-7-16(24-3)15(21)11-13/h6-7,9-11H,4-5,8,21H2,1-3H3,(H,22,23). The molecule has 0 spiro atoms. The zero-order valence-electron chi connectivity index (χ0n) is 15.1. The second-order valence-corrected chi connectivity index (χ2v) is 5.88. The summed E-state index contributed by atoms with van der Waals surface area (Å²) in [6.45, 7) is 4.79. The Labute approximate surface area is 158 Å². The van der Waals surface area contributed by atoms with Gasteiger partial charge < -0.3 is 25.3 Å². The Kier molecular flexibility index (Phi) is 6.97. The summed E-state index contributed by atoms with van der Waals surface area (Å²) in [5.74, 6) is 1.09. The first-order chi connectivity index (χ1) is 12.5. The lowest BCUT2D eigenvalue weighted by atomic mass is 10.1. The SMILES string of the molecule is CCCOc1c(Cl)cc(C(=O)Nc2ccc(OC)c(N)c2)cc1OCC. The van der Waals surface area contributed by atoms with E-state index in [9.17, 15) is 4.79 Å². The number of anilines is 2. The Morgan fingerprint density at radius 2 is 1.92 bits per heavy atom. The molecule has 0 aromatic heterocycles. The van der Waals surface area contributed by atoms with Crippen molar-refractivity contribution in [2.75, 3.05) is 31.4 Å². The highest BCUT2D eigenvalue weighted by atomic mass is 35.5. The van der Waals surface area contributed by atoms with Crippen LogP contribution in [0.1, 0.15) is 30.6 Å². The molecule has 0 saturated carbocycles. The van der Waals surface area contributed by atoms with E-state index in [0.29, 0.717) is 52.4 Å². The van der Waals surface area contributed by atoms with E-state index >= 15 is 0 Å². The molecule has 3 N–H and O–H groups in total. The van der Waals surface area contributed by atoms with E-state index in [1.165, 1.54) is 7.11 Å². The molecule has 2 aromatic carbocycles. The van der Waals surface area contributed by atoms with Crippen molar-refractivity contribution in [3.05, 3.63) is 40.9 Å². The molecule has 1 amide bonds. The lowest BCUT2D eigenvalue weighted by Crippen LogP contribution is -2.13. The number of ether oxygens (including phenoxy) is 3. The Hall–Kier alpha value is -2.60. The summed E-state index contributed by atoms with van der Waals surface area (Å²) >= 11 is 6.30. The van der Waals surface area contributed by atoms with Crippen molar-refractivity contribution in [2.45, 2.75) is 20.3 Å². The van der Waals surface area contributed by atoms with Gasteiger partial charge in [0, 0.05) is 11.3 Å². The van der Waals surface area contributed by atoms with Crippen LogP contribution in [0, 0.1) is 0 Å². The second kappa shape index (κ2) is 9.20. The van der Waals surface area contributed by atoms with Gasteiger partial charge in [-0.25, -0.2) is 0 Å². The van der Waals surface area contributed by atoms with Gasteiger partial charge in [0.15, 0.2) is 11.5 Å². The number of rotatable bonds is 8. The quantitative estimate of drug-likeness (QED) is 0.666. The first-order valence-electron chi connectivity index (χ1n) is 8.34. The van der Waals surface area contributed by atoms with Crippen LogP contribution in [-0.2, 0) is 0 Å². The minimum Gasteiger partial charge on any atom is -0.495 e. The zero-order valence-corrected chi connectivity index (χ0v) is 15.9. The van der Waals surface area contributed by atoms with Crippen molar-refractivity contribution in [3.63, 3.8) is 0 Å². The van der Waals surface area contributed by atoms with Crippen molar-refractivity contribution in [3.8, 4) is 17.2 Å². The number of hydrogen-bond donors (Lipinski definition) is 2. The third-order valence-electron chi connectivity index (χ3n) is 3.51. The number of methoxy groups -OCH3 is 1. The maximum atomic E-state index is 12.6. The molecule has 0 heterocycles. The third-order valence-corrected chi connectivity index (χ3v) is 3.79. The van der Waals surface area contributed by atoms with Gasteiger partial charge in [0.1, 0.15) is 5.75 Å². The van der Waals surface area contributed by atoms with Crippen LogP contribution in [0.2, 0.25) is 5.02 Å². The molecule has 0 saturated heterocycles. The van der Waals surface area contributed by atoms with Crippen molar-refractivity contribution < 1.29 is 19.0 Å². The van der Waals surface area contributed by atoms with Crippen molar-refractivity contribution in [1.82, 2.24) is 0 Å². The van der Waals surface area contributed by atoms with Gasteiger partial charge in [0.2, 0.25) is 0 Å². The highest BCUT2D eigenvalue weighted by Gasteiger charge is 2.17. The van der Waals surface area contributed by atoms with E-state index in [1.807, 2.05) is 13.8 Å². The fourth-order valence-electron chi connectivity index (χ4n) is 2.32. The van der Waals surface area contributed by atoms with E-state index < -0.39 is 0 Å². The number of benzene rings is 2. The highest BCUT2D eigenvalue weighted by Crippen LogP contribution is 2.37. The highest BCUT2D eigenvalue weighted by molar-refractivity contribution is 6.32. The van der Waals surface area contributed by atoms with Gasteiger partial charge >= 0.3 is 0 Å². The molecule has 0 fully saturated rings. The molecule has 0 unspecified atom stereocenters. The summed E-state index contributed by atoms with van der Waals surface area (Å²) in [7, 11) is 1.53. The molecule has 0 radical (unpaired) electrons. The molecule has 0 aliphatic heterocycles. The molecule has 0 bridgehead atoms. The van der Waals surface area contributed by atoms with Crippen molar-refractivity contribution >= 4 is 28.9 Å². The van der Waals surface area contributed by atoms with Gasteiger partial charge in [-0.15, -0.1) is 0 Å². The number of carbonyl (C=O) groups excluding carboxylic acids is 1. The molecule has 0 atom stereocenters. The van der Waals surface area contributed by atoms with Crippen molar-refractivity contribution in [2.24, 2.45) is 0 Å². The fourth-order valence-corrected chi connectivity index (χ4v) is 2.59. The molecule has 6 nitrogen and oxygen atoms in total. The number of nitrogens with two attached hydrogens (primary N) is 1. The molecule has 26 heavy (non-hydrogen) atoms. The first kappa shape index (κ1) is 19.7. The number of nitrogen functional groups attached to an aromatic ring is 1. The zero-order chi connectivity index (χ0) is 19.1. The number of hydrogen-bond acceptors (Lipinski definition) is 5. The normalized spacial score (nSPS) is 10.3. The van der Waals surface area contributed by atoms with Crippen LogP contribution < -0.4 is 25.3 Å². The largest absolute Gasteiger partial charge is 0.495 e. The molecule has 140 valence electrons. The minimum absolute atomic E-state index is 0.323. The van der Waals surface area contributed by atoms with Crippen LogP contribution in [0.3, 0.4) is 0 Å². The molecule has 0 aliphatic carbocycles. The van der Waals surface area contributed by atoms with Crippen LogP contribution in [0.5, 0.6) is 17.2 Å².